The predicted molar refractivity (Wildman–Crippen MR) is 211 cm³/mol. The Bertz CT molecular complexity index is 2510. The van der Waals surface area contributed by atoms with Crippen LogP contribution < -0.4 is 4.74 Å². The average Bonchev–Trinajstić information content (AvgIpc) is 3.78. The Morgan fingerprint density at radius 3 is 2.37 bits per heavy atom. The maximum Gasteiger partial charge on any atom is 0.177 e. The third-order valence-electron chi connectivity index (χ3n) is 9.95. The Labute approximate surface area is 297 Å². The highest BCUT2D eigenvalue weighted by molar-refractivity contribution is 6.12. The summed E-state index contributed by atoms with van der Waals surface area (Å²) >= 11 is 0. The van der Waals surface area contributed by atoms with E-state index >= 15 is 0 Å². The number of hydrogen-bond acceptors (Lipinski definition) is 3. The largest absolute Gasteiger partial charge is 0.480 e. The lowest BCUT2D eigenvalue weighted by Gasteiger charge is -2.22. The second kappa shape index (κ2) is 13.2. The van der Waals surface area contributed by atoms with Crippen LogP contribution in [-0.4, -0.2) is 18.2 Å². The minimum absolute atomic E-state index is 0.0987. The summed E-state index contributed by atoms with van der Waals surface area (Å²) in [6.45, 7) is 2.02. The van der Waals surface area contributed by atoms with E-state index in [1.165, 1.54) is 11.1 Å². The van der Waals surface area contributed by atoms with E-state index in [9.17, 15) is 0 Å². The van der Waals surface area contributed by atoms with Crippen LogP contribution in [0.5, 0.6) is 5.75 Å². The van der Waals surface area contributed by atoms with Crippen LogP contribution in [-0.2, 0) is 0 Å². The maximum absolute atomic E-state index is 6.84. The van der Waals surface area contributed by atoms with Gasteiger partial charge in [-0.25, -0.2) is 9.98 Å². The normalized spacial score (nSPS) is 18.5. The van der Waals surface area contributed by atoms with E-state index in [-0.39, 0.29) is 12.0 Å². The number of aliphatic imine (C=N–C) groups is 2. The molecule has 0 bridgehead atoms. The van der Waals surface area contributed by atoms with E-state index in [0.717, 1.165) is 79.6 Å². The standard InChI is InChI=1S/C47H36N2O2/c1-2-42(33-19-10-5-11-20-33)49-47(48-30-31-15-6-3-7-16-31)35-22-12-21-34(29-35)37-24-14-26-39-41-28-27-40-38-25-13-23-36(32-17-8-4-9-18-32)43(38)50-45(40)46(41)51-44(37)39/h2,4-6,8-30,38,43H,3,7H2,1H3/b42-2-,48-30?,49-47?. The Hall–Kier alpha value is -6.26. The third-order valence-corrected chi connectivity index (χ3v) is 9.95. The SMILES string of the molecule is C/C=C(\N=C(N=CC1=CCCC=C1)c1cccc(-c2cccc3c2oc2c4c(ccc23)C2C=CC=C(c3ccccc3)C2O4)c1)c1ccccc1. The number of ether oxygens (including phenoxy) is 1. The first-order valence-electron chi connectivity index (χ1n) is 17.7. The van der Waals surface area contributed by atoms with Crippen LogP contribution >= 0.6 is 0 Å². The predicted octanol–water partition coefficient (Wildman–Crippen LogP) is 11.9. The first-order valence-corrected chi connectivity index (χ1v) is 17.7. The summed E-state index contributed by atoms with van der Waals surface area (Å²) in [5, 5.41) is 2.11. The van der Waals surface area contributed by atoms with Crippen LogP contribution in [0.1, 0.15) is 47.9 Å². The molecule has 246 valence electrons. The summed E-state index contributed by atoms with van der Waals surface area (Å²) in [5.74, 6) is 1.61. The summed E-state index contributed by atoms with van der Waals surface area (Å²) in [6.07, 6.45) is 19.0. The molecule has 4 nitrogen and oxygen atoms in total. The molecule has 0 fully saturated rings. The van der Waals surface area contributed by atoms with Gasteiger partial charge in [0.05, 0.1) is 5.70 Å². The van der Waals surface area contributed by atoms with Gasteiger partial charge >= 0.3 is 0 Å². The lowest BCUT2D eigenvalue weighted by molar-refractivity contribution is 0.278. The van der Waals surface area contributed by atoms with Gasteiger partial charge in [0.25, 0.3) is 0 Å². The second-order valence-electron chi connectivity index (χ2n) is 13.1. The number of rotatable bonds is 6. The van der Waals surface area contributed by atoms with Gasteiger partial charge in [-0.3, -0.25) is 0 Å². The third kappa shape index (κ3) is 5.69. The number of benzene rings is 5. The Balaban J connectivity index is 1.13. The molecule has 4 heteroatoms. The van der Waals surface area contributed by atoms with E-state index in [1.807, 2.05) is 43.5 Å². The molecule has 2 heterocycles. The van der Waals surface area contributed by atoms with E-state index in [2.05, 4.69) is 127 Å². The lowest BCUT2D eigenvalue weighted by atomic mass is 9.84. The van der Waals surface area contributed by atoms with Gasteiger partial charge in [0.1, 0.15) is 11.7 Å². The zero-order chi connectivity index (χ0) is 34.1. The molecule has 0 radical (unpaired) electrons. The Morgan fingerprint density at radius 1 is 0.765 bits per heavy atom. The fourth-order valence-electron chi connectivity index (χ4n) is 7.43. The molecule has 9 rings (SSSR count). The smallest absolute Gasteiger partial charge is 0.177 e. The molecule has 6 aromatic rings. The highest BCUT2D eigenvalue weighted by atomic mass is 16.5. The first-order chi connectivity index (χ1) is 25.2. The molecule has 1 aromatic heterocycles. The van der Waals surface area contributed by atoms with Gasteiger partial charge < -0.3 is 9.15 Å². The van der Waals surface area contributed by atoms with Gasteiger partial charge in [-0.2, -0.15) is 0 Å². The minimum atomic E-state index is -0.0987. The van der Waals surface area contributed by atoms with E-state index in [1.54, 1.807) is 0 Å². The molecule has 5 aromatic carbocycles. The van der Waals surface area contributed by atoms with Gasteiger partial charge in [-0.1, -0.05) is 146 Å². The minimum Gasteiger partial charge on any atom is -0.480 e. The van der Waals surface area contributed by atoms with Crippen molar-refractivity contribution >= 4 is 45.3 Å². The van der Waals surface area contributed by atoms with Crippen molar-refractivity contribution in [2.75, 3.05) is 0 Å². The van der Waals surface area contributed by atoms with Crippen LogP contribution in [0.2, 0.25) is 0 Å². The highest BCUT2D eigenvalue weighted by Gasteiger charge is 2.39. The lowest BCUT2D eigenvalue weighted by Crippen LogP contribution is -2.21. The summed E-state index contributed by atoms with van der Waals surface area (Å²) in [5.41, 5.74) is 11.1. The van der Waals surface area contributed by atoms with Crippen molar-refractivity contribution in [2.24, 2.45) is 9.98 Å². The fraction of sp³-hybridized carbons (Fsp3) is 0.106. The molecule has 0 spiro atoms. The van der Waals surface area contributed by atoms with Crippen molar-refractivity contribution in [1.29, 1.82) is 0 Å². The fourth-order valence-corrected chi connectivity index (χ4v) is 7.43. The van der Waals surface area contributed by atoms with Gasteiger partial charge in [0, 0.05) is 45.2 Å². The summed E-state index contributed by atoms with van der Waals surface area (Å²) in [4.78, 5) is 10.1. The number of allylic oxidation sites excluding steroid dienone is 7. The summed E-state index contributed by atoms with van der Waals surface area (Å²) < 4.78 is 13.7. The van der Waals surface area contributed by atoms with E-state index in [0.29, 0.717) is 5.84 Å². The molecule has 51 heavy (non-hydrogen) atoms. The van der Waals surface area contributed by atoms with Crippen LogP contribution in [0.15, 0.2) is 178 Å². The van der Waals surface area contributed by atoms with Crippen molar-refractivity contribution in [1.82, 2.24) is 0 Å². The molecule has 2 aliphatic carbocycles. The van der Waals surface area contributed by atoms with Crippen molar-refractivity contribution < 1.29 is 9.15 Å². The summed E-state index contributed by atoms with van der Waals surface area (Å²) in [6, 6.07) is 40.0. The zero-order valence-electron chi connectivity index (χ0n) is 28.4. The average molecular weight is 661 g/mol. The number of furan rings is 1. The molecule has 0 N–H and O–H groups in total. The topological polar surface area (TPSA) is 47.1 Å². The monoisotopic (exact) mass is 660 g/mol. The molecule has 1 aliphatic heterocycles. The quantitative estimate of drug-likeness (QED) is 0.132. The molecule has 0 saturated carbocycles. The van der Waals surface area contributed by atoms with Gasteiger partial charge in [0.2, 0.25) is 0 Å². The molecule has 2 unspecified atom stereocenters. The van der Waals surface area contributed by atoms with Crippen molar-refractivity contribution in [2.45, 2.75) is 31.8 Å². The van der Waals surface area contributed by atoms with Gasteiger partial charge in [0.15, 0.2) is 17.2 Å². The first kappa shape index (κ1) is 30.8. The van der Waals surface area contributed by atoms with E-state index in [4.69, 9.17) is 19.1 Å². The van der Waals surface area contributed by atoms with E-state index < -0.39 is 0 Å². The zero-order valence-corrected chi connectivity index (χ0v) is 28.4. The summed E-state index contributed by atoms with van der Waals surface area (Å²) in [7, 11) is 0. The van der Waals surface area contributed by atoms with Crippen LogP contribution in [0.4, 0.5) is 0 Å². The molecule has 0 saturated heterocycles. The van der Waals surface area contributed by atoms with Crippen LogP contribution in [0.3, 0.4) is 0 Å². The van der Waals surface area contributed by atoms with Crippen LogP contribution in [0, 0.1) is 0 Å². The second-order valence-corrected chi connectivity index (χ2v) is 13.1. The Morgan fingerprint density at radius 2 is 1.55 bits per heavy atom. The molecule has 0 amide bonds. The van der Waals surface area contributed by atoms with Crippen molar-refractivity contribution in [3.63, 3.8) is 0 Å². The van der Waals surface area contributed by atoms with Crippen molar-refractivity contribution in [3.8, 4) is 16.9 Å². The van der Waals surface area contributed by atoms with Crippen molar-refractivity contribution in [3.05, 3.63) is 186 Å². The van der Waals surface area contributed by atoms with Gasteiger partial charge in [-0.15, -0.1) is 0 Å². The highest BCUT2D eigenvalue weighted by Crippen LogP contribution is 2.51. The molecular weight excluding hydrogens is 625 g/mol. The molecular formula is C47H36N2O2. The Kier molecular flexibility index (Phi) is 7.98. The number of para-hydroxylation sites is 1. The molecule has 2 atom stereocenters. The van der Waals surface area contributed by atoms with Gasteiger partial charge in [-0.05, 0) is 54.2 Å². The molecule has 3 aliphatic rings. The number of nitrogens with zero attached hydrogens (tertiary/aromatic N) is 2. The number of amidine groups is 1. The maximum atomic E-state index is 6.84. The number of fused-ring (bicyclic) bond motifs is 7. The number of hydrogen-bond donors (Lipinski definition) is 0. The van der Waals surface area contributed by atoms with Crippen LogP contribution in [0.25, 0.3) is 44.3 Å².